The molecule has 1 aliphatic rings. The van der Waals surface area contributed by atoms with E-state index in [1.165, 1.54) is 15.0 Å². The Morgan fingerprint density at radius 2 is 2.56 bits per heavy atom. The van der Waals surface area contributed by atoms with Crippen LogP contribution in [0.15, 0.2) is 4.74 Å². The molecule has 0 N–H and O–H groups in total. The molecule has 0 saturated heterocycles. The van der Waals surface area contributed by atoms with E-state index in [4.69, 9.17) is 11.8 Å². The van der Waals surface area contributed by atoms with Crippen LogP contribution in [0.25, 0.3) is 0 Å². The molecule has 0 saturated carbocycles. The first-order valence-electron chi connectivity index (χ1n) is 1.78. The number of rotatable bonds is 0. The van der Waals surface area contributed by atoms with Crippen molar-refractivity contribution >= 4 is 53.1 Å². The van der Waals surface area contributed by atoms with Gasteiger partial charge in [-0.05, 0) is 0 Å². The second-order valence-electron chi connectivity index (χ2n) is 1.06. The Kier molecular flexibility index (Phi) is 2.73. The molecule has 48 valence electrons. The molecule has 8 heteroatoms. The van der Waals surface area contributed by atoms with Crippen LogP contribution in [0.1, 0.15) is 0 Å². The Morgan fingerprint density at radius 3 is 2.78 bits per heavy atom. The van der Waals surface area contributed by atoms with Gasteiger partial charge in [0.25, 0.3) is 0 Å². The van der Waals surface area contributed by atoms with E-state index in [9.17, 15) is 4.79 Å². The molecule has 0 aromatic rings. The van der Waals surface area contributed by atoms with Crippen molar-refractivity contribution in [3.05, 3.63) is 0 Å². The van der Waals surface area contributed by atoms with E-state index < -0.39 is 6.64 Å². The van der Waals surface area contributed by atoms with E-state index in [1.807, 2.05) is 0 Å². The minimum absolute atomic E-state index is 0.238. The van der Waals surface area contributed by atoms with Gasteiger partial charge in [-0.2, -0.15) is 0 Å². The van der Waals surface area contributed by atoms with Crippen LogP contribution >= 0.6 is 23.5 Å². The Hall–Kier alpha value is 0.660. The molecule has 2 amide bonds. The van der Waals surface area contributed by atoms with Crippen LogP contribution in [-0.4, -0.2) is 10.1 Å². The van der Waals surface area contributed by atoms with Crippen molar-refractivity contribution < 1.29 is 4.79 Å². The van der Waals surface area contributed by atoms with Crippen LogP contribution in [-0.2, 0) is 23.6 Å². The molecule has 1 rings (SSSR count). The van der Waals surface area contributed by atoms with Crippen LogP contribution in [0, 0.1) is 0 Å². The van der Waals surface area contributed by atoms with Crippen LogP contribution < -0.4 is 0 Å². The van der Waals surface area contributed by atoms with E-state index in [0.717, 1.165) is 0 Å². The summed E-state index contributed by atoms with van der Waals surface area (Å²) in [4.78, 5) is 10.5. The standard InChI is InChI=1S/CN2OP2S3/c4-1-2-6(8)3(1)9-5-7. The average Bonchev–Trinajstić information content (AvgIpc) is 1.84. The van der Waals surface area contributed by atoms with Crippen molar-refractivity contribution in [2.24, 2.45) is 4.74 Å². The number of carbonyl (C=O) groups is 1. The van der Waals surface area contributed by atoms with Crippen molar-refractivity contribution in [2.45, 2.75) is 0 Å². The number of urea groups is 1. The fraction of sp³-hybridized carbons (Fsp3) is 0. The molecule has 3 nitrogen and oxygen atoms in total. The predicted octanol–water partition coefficient (Wildman–Crippen LogP) is 2.44. The van der Waals surface area contributed by atoms with Crippen LogP contribution in [0.2, 0.25) is 0 Å². The molecule has 0 aromatic carbocycles. The van der Waals surface area contributed by atoms with Gasteiger partial charge in [-0.15, -0.1) is 0 Å². The summed E-state index contributed by atoms with van der Waals surface area (Å²) in [6, 6.07) is -0.238. The van der Waals surface area contributed by atoms with E-state index >= 15 is 0 Å². The Morgan fingerprint density at radius 1 is 1.89 bits per heavy atom. The zero-order valence-electron chi connectivity index (χ0n) is 3.92. The molecule has 0 aromatic heterocycles. The van der Waals surface area contributed by atoms with Gasteiger partial charge in [-0.3, -0.25) is 0 Å². The van der Waals surface area contributed by atoms with E-state index in [-0.39, 0.29) is 6.03 Å². The third-order valence-electron chi connectivity index (χ3n) is 0.601. The summed E-state index contributed by atoms with van der Waals surface area (Å²) in [6.45, 7) is -0.945. The average molecular weight is 214 g/mol. The van der Waals surface area contributed by atoms with Crippen molar-refractivity contribution in [3.63, 3.8) is 0 Å². The van der Waals surface area contributed by atoms with E-state index in [1.54, 1.807) is 0 Å². The molecular formula is CN2OP2S3. The third kappa shape index (κ3) is 1.57. The molecule has 0 bridgehead atoms. The fourth-order valence-electron chi connectivity index (χ4n) is 0.285. The molecule has 1 atom stereocenters. The SMILES string of the molecule is O=C1N=P(=S)N1S#P=S. The third-order valence-corrected chi connectivity index (χ3v) is 5.23. The molecule has 0 spiro atoms. The zero-order valence-corrected chi connectivity index (χ0v) is 8.16. The van der Waals surface area contributed by atoms with Crippen molar-refractivity contribution in [2.75, 3.05) is 0 Å². The Labute approximate surface area is 66.8 Å². The summed E-state index contributed by atoms with van der Waals surface area (Å²) in [6.07, 6.45) is 0. The number of nitrogens with zero attached hydrogens (tertiary/aromatic N) is 2. The van der Waals surface area contributed by atoms with Gasteiger partial charge < -0.3 is 0 Å². The van der Waals surface area contributed by atoms with Crippen molar-refractivity contribution in [1.82, 2.24) is 4.08 Å². The zero-order chi connectivity index (χ0) is 6.85. The molecule has 1 unspecified atom stereocenters. The minimum atomic E-state index is -0.945. The van der Waals surface area contributed by atoms with E-state index in [0.29, 0.717) is 5.93 Å². The summed E-state index contributed by atoms with van der Waals surface area (Å²) in [5.74, 6) is 0.675. The Bertz CT molecular complexity index is 323. The summed E-state index contributed by atoms with van der Waals surface area (Å²) in [5.41, 5.74) is 0. The van der Waals surface area contributed by atoms with Crippen molar-refractivity contribution in [1.29, 1.82) is 0 Å². The molecule has 1 heterocycles. The predicted molar refractivity (Wildman–Crippen MR) is 45.8 cm³/mol. The molecule has 0 aliphatic carbocycles. The first-order chi connectivity index (χ1) is 4.25. The normalized spacial score (nSPS) is 20.2. The van der Waals surface area contributed by atoms with Gasteiger partial charge >= 0.3 is 66.8 Å². The second-order valence-corrected chi connectivity index (χ2v) is 6.38. The number of amides is 2. The summed E-state index contributed by atoms with van der Waals surface area (Å²) < 4.78 is 4.96. The first kappa shape index (κ1) is 7.76. The monoisotopic (exact) mass is 214 g/mol. The molecule has 1 aliphatic heterocycles. The summed E-state index contributed by atoms with van der Waals surface area (Å²) in [5, 5.41) is 0. The fourth-order valence-corrected chi connectivity index (χ4v) is 4.82. The Balaban J connectivity index is 3.00. The van der Waals surface area contributed by atoms with E-state index in [2.05, 4.69) is 16.6 Å². The van der Waals surface area contributed by atoms with Crippen LogP contribution in [0.3, 0.4) is 0 Å². The van der Waals surface area contributed by atoms with Crippen LogP contribution in [0.4, 0.5) is 4.79 Å². The number of hydrogen-bond acceptors (Lipinski definition) is 3. The summed E-state index contributed by atoms with van der Waals surface area (Å²) in [7, 11) is 1.24. The topological polar surface area (TPSA) is 32.7 Å². The molecule has 0 fully saturated rings. The van der Waals surface area contributed by atoms with Gasteiger partial charge in [0.15, 0.2) is 0 Å². The van der Waals surface area contributed by atoms with Gasteiger partial charge in [0, 0.05) is 0 Å². The van der Waals surface area contributed by atoms with Gasteiger partial charge in [-0.25, -0.2) is 0 Å². The first-order valence-corrected chi connectivity index (χ1v) is 7.33. The maximum absolute atomic E-state index is 10.5. The second kappa shape index (κ2) is 3.17. The number of carbonyl (C=O) groups excluding carboxylic acids is 1. The summed E-state index contributed by atoms with van der Waals surface area (Å²) >= 11 is 9.36. The maximum atomic E-state index is 10.5. The molecule has 0 radical (unpaired) electrons. The number of hydrogen-bond donors (Lipinski definition) is 0. The quantitative estimate of drug-likeness (QED) is 0.458. The van der Waals surface area contributed by atoms with Gasteiger partial charge in [0.2, 0.25) is 0 Å². The van der Waals surface area contributed by atoms with Gasteiger partial charge in [0.05, 0.1) is 0 Å². The molecular weight excluding hydrogens is 214 g/mol. The van der Waals surface area contributed by atoms with Crippen molar-refractivity contribution in [3.8, 4) is 0 Å². The van der Waals surface area contributed by atoms with Crippen LogP contribution in [0.5, 0.6) is 0 Å². The molecule has 9 heavy (non-hydrogen) atoms. The van der Waals surface area contributed by atoms with Gasteiger partial charge in [0.1, 0.15) is 0 Å². The van der Waals surface area contributed by atoms with Gasteiger partial charge in [-0.1, -0.05) is 0 Å².